The number of benzene rings is 1. The van der Waals surface area contributed by atoms with Gasteiger partial charge in [0.05, 0.1) is 37.1 Å². The number of aryl methyl sites for hydroxylation is 2. The number of carbonyl (C=O) groups excluding carboxylic acids is 2. The van der Waals surface area contributed by atoms with Gasteiger partial charge in [0.2, 0.25) is 0 Å². The minimum Gasteiger partial charge on any atom is -0.507 e. The number of nitrogens with zero attached hydrogens (tertiary/aromatic N) is 4. The summed E-state index contributed by atoms with van der Waals surface area (Å²) in [5.74, 6) is -0.339. The Morgan fingerprint density at radius 2 is 1.91 bits per heavy atom. The number of Topliss-reactive ketones (excluding diaryl/α,β-unsaturated/α-hetero) is 1. The van der Waals surface area contributed by atoms with Crippen LogP contribution >= 0.6 is 0 Å². The van der Waals surface area contributed by atoms with E-state index in [0.29, 0.717) is 47.1 Å². The number of carbonyl (C=O) groups is 2. The van der Waals surface area contributed by atoms with Gasteiger partial charge in [-0.2, -0.15) is 0 Å². The Kier molecular flexibility index (Phi) is 7.33. The molecule has 1 saturated heterocycles. The lowest BCUT2D eigenvalue weighted by atomic mass is 9.94. The highest BCUT2D eigenvalue weighted by molar-refractivity contribution is 6.46. The first-order valence-corrected chi connectivity index (χ1v) is 10.7. The van der Waals surface area contributed by atoms with E-state index in [1.54, 1.807) is 32.0 Å². The van der Waals surface area contributed by atoms with Gasteiger partial charge in [0, 0.05) is 18.3 Å². The van der Waals surface area contributed by atoms with E-state index in [0.717, 1.165) is 6.54 Å². The molecule has 0 spiro atoms. The number of para-hydroxylation sites is 1. The minimum absolute atomic E-state index is 0.0213. The van der Waals surface area contributed by atoms with Crippen molar-refractivity contribution in [3.05, 3.63) is 52.6 Å². The van der Waals surface area contributed by atoms with E-state index in [4.69, 9.17) is 9.47 Å². The van der Waals surface area contributed by atoms with Crippen LogP contribution < -0.4 is 9.47 Å². The number of ether oxygens (including phenoxy) is 2. The van der Waals surface area contributed by atoms with Crippen molar-refractivity contribution >= 4 is 17.4 Å². The smallest absolute Gasteiger partial charge is 0.295 e. The standard InChI is InChI=1S/C24H30N4O5/c1-14-17(13-25-15(2)26-14)21(29)19-20(16-9-7-10-18(32-5)23(16)33-6)28(24(31)22(19)30)12-8-11-27(3)4/h7,9-10,13,20,29H,8,11-12H2,1-6H3/t20-/m1/s1. The van der Waals surface area contributed by atoms with Crippen molar-refractivity contribution < 1.29 is 24.2 Å². The number of hydrogen-bond donors (Lipinski definition) is 1. The van der Waals surface area contributed by atoms with Crippen molar-refractivity contribution in [1.82, 2.24) is 19.8 Å². The van der Waals surface area contributed by atoms with Gasteiger partial charge in [-0.05, 0) is 47.0 Å². The van der Waals surface area contributed by atoms with Crippen LogP contribution in [-0.2, 0) is 9.59 Å². The van der Waals surface area contributed by atoms with Crippen molar-refractivity contribution in [2.45, 2.75) is 26.3 Å². The summed E-state index contributed by atoms with van der Waals surface area (Å²) in [5, 5.41) is 11.3. The zero-order valence-corrected chi connectivity index (χ0v) is 19.9. The van der Waals surface area contributed by atoms with Crippen LogP contribution in [0.4, 0.5) is 0 Å². The highest BCUT2D eigenvalue weighted by Gasteiger charge is 2.47. The van der Waals surface area contributed by atoms with Crippen LogP contribution in [0.2, 0.25) is 0 Å². The summed E-state index contributed by atoms with van der Waals surface area (Å²) < 4.78 is 11.0. The lowest BCUT2D eigenvalue weighted by Crippen LogP contribution is -2.32. The molecule has 33 heavy (non-hydrogen) atoms. The van der Waals surface area contributed by atoms with E-state index in [1.165, 1.54) is 25.3 Å². The summed E-state index contributed by atoms with van der Waals surface area (Å²) in [4.78, 5) is 38.3. The molecule has 0 bridgehead atoms. The molecule has 1 aliphatic heterocycles. The fourth-order valence-corrected chi connectivity index (χ4v) is 4.08. The molecule has 3 rings (SSSR count). The van der Waals surface area contributed by atoms with Gasteiger partial charge in [-0.1, -0.05) is 12.1 Å². The molecule has 1 atom stereocenters. The van der Waals surface area contributed by atoms with Crippen LogP contribution in [0.1, 0.15) is 35.1 Å². The number of rotatable bonds is 8. The third-order valence-electron chi connectivity index (χ3n) is 5.63. The number of amides is 1. The fraction of sp³-hybridized carbons (Fsp3) is 0.417. The number of likely N-dealkylation sites (tertiary alicyclic amines) is 1. The zero-order valence-electron chi connectivity index (χ0n) is 19.9. The molecule has 1 aliphatic rings. The lowest BCUT2D eigenvalue weighted by molar-refractivity contribution is -0.140. The van der Waals surface area contributed by atoms with E-state index >= 15 is 0 Å². The normalized spacial score (nSPS) is 17.7. The third kappa shape index (κ3) is 4.68. The van der Waals surface area contributed by atoms with Crippen molar-refractivity contribution in [2.24, 2.45) is 0 Å². The topological polar surface area (TPSA) is 105 Å². The van der Waals surface area contributed by atoms with Gasteiger partial charge in [0.25, 0.3) is 11.7 Å². The lowest BCUT2D eigenvalue weighted by Gasteiger charge is -2.27. The van der Waals surface area contributed by atoms with Crippen molar-refractivity contribution in [3.8, 4) is 11.5 Å². The van der Waals surface area contributed by atoms with Crippen LogP contribution in [0, 0.1) is 13.8 Å². The molecule has 0 saturated carbocycles. The third-order valence-corrected chi connectivity index (χ3v) is 5.63. The quantitative estimate of drug-likeness (QED) is 0.369. The molecule has 9 heteroatoms. The van der Waals surface area contributed by atoms with Crippen LogP contribution in [-0.4, -0.2) is 78.0 Å². The van der Waals surface area contributed by atoms with Crippen molar-refractivity contribution in [2.75, 3.05) is 41.4 Å². The van der Waals surface area contributed by atoms with Crippen molar-refractivity contribution in [3.63, 3.8) is 0 Å². The Hall–Kier alpha value is -3.46. The molecular formula is C24H30N4O5. The molecule has 0 unspecified atom stereocenters. The SMILES string of the molecule is COc1cccc([C@@H]2C(=C(O)c3cnc(C)nc3C)C(=O)C(=O)N2CCCN(C)C)c1OC. The van der Waals surface area contributed by atoms with Crippen LogP contribution in [0.3, 0.4) is 0 Å². The highest BCUT2D eigenvalue weighted by Crippen LogP contribution is 2.45. The second kappa shape index (κ2) is 9.99. The Morgan fingerprint density at radius 3 is 2.52 bits per heavy atom. The second-order valence-corrected chi connectivity index (χ2v) is 8.15. The number of aromatic nitrogens is 2. The van der Waals surface area contributed by atoms with E-state index in [9.17, 15) is 14.7 Å². The van der Waals surface area contributed by atoms with Crippen LogP contribution in [0.25, 0.3) is 5.76 Å². The van der Waals surface area contributed by atoms with E-state index in [-0.39, 0.29) is 11.3 Å². The number of aliphatic hydroxyl groups excluding tert-OH is 1. The molecule has 1 N–H and O–H groups in total. The van der Waals surface area contributed by atoms with Gasteiger partial charge >= 0.3 is 0 Å². The number of ketones is 1. The molecule has 9 nitrogen and oxygen atoms in total. The first-order valence-electron chi connectivity index (χ1n) is 10.7. The van der Waals surface area contributed by atoms with Gasteiger partial charge in [-0.3, -0.25) is 9.59 Å². The molecule has 2 aromatic rings. The Bertz CT molecular complexity index is 1100. The molecule has 176 valence electrons. The minimum atomic E-state index is -0.849. The molecule has 1 fully saturated rings. The molecule has 1 aromatic heterocycles. The first-order chi connectivity index (χ1) is 15.7. The molecule has 2 heterocycles. The van der Waals surface area contributed by atoms with Gasteiger partial charge in [0.15, 0.2) is 11.5 Å². The number of aliphatic hydroxyl groups is 1. The average Bonchev–Trinajstić information content (AvgIpc) is 3.02. The van der Waals surface area contributed by atoms with E-state index in [1.807, 2.05) is 19.0 Å². The van der Waals surface area contributed by atoms with Gasteiger partial charge in [0.1, 0.15) is 11.6 Å². The van der Waals surface area contributed by atoms with Gasteiger partial charge < -0.3 is 24.4 Å². The average molecular weight is 455 g/mol. The summed E-state index contributed by atoms with van der Waals surface area (Å²) >= 11 is 0. The largest absolute Gasteiger partial charge is 0.507 e. The zero-order chi connectivity index (χ0) is 24.3. The summed E-state index contributed by atoms with van der Waals surface area (Å²) in [6.45, 7) is 4.52. The monoisotopic (exact) mass is 454 g/mol. The van der Waals surface area contributed by atoms with E-state index < -0.39 is 17.7 Å². The Labute approximate surface area is 193 Å². The summed E-state index contributed by atoms with van der Waals surface area (Å²) in [6, 6.07) is 4.41. The molecule has 1 aromatic carbocycles. The maximum absolute atomic E-state index is 13.2. The molecule has 0 radical (unpaired) electrons. The van der Waals surface area contributed by atoms with Crippen LogP contribution in [0.5, 0.6) is 11.5 Å². The maximum atomic E-state index is 13.2. The summed E-state index contributed by atoms with van der Waals surface area (Å²) in [5.41, 5.74) is 1.34. The van der Waals surface area contributed by atoms with Gasteiger partial charge in [-0.15, -0.1) is 0 Å². The van der Waals surface area contributed by atoms with Crippen molar-refractivity contribution in [1.29, 1.82) is 0 Å². The first kappa shape index (κ1) is 24.2. The second-order valence-electron chi connectivity index (χ2n) is 8.15. The number of methoxy groups -OCH3 is 2. The predicted octanol–water partition coefficient (Wildman–Crippen LogP) is 2.48. The predicted molar refractivity (Wildman–Crippen MR) is 123 cm³/mol. The molecule has 1 amide bonds. The summed E-state index contributed by atoms with van der Waals surface area (Å²) in [7, 11) is 6.90. The number of hydrogen-bond acceptors (Lipinski definition) is 8. The van der Waals surface area contributed by atoms with E-state index in [2.05, 4.69) is 9.97 Å². The maximum Gasteiger partial charge on any atom is 0.295 e. The summed E-state index contributed by atoms with van der Waals surface area (Å²) in [6.07, 6.45) is 2.11. The van der Waals surface area contributed by atoms with Crippen LogP contribution in [0.15, 0.2) is 30.0 Å². The molecular weight excluding hydrogens is 424 g/mol. The Balaban J connectivity index is 2.23. The highest BCUT2D eigenvalue weighted by atomic mass is 16.5. The molecule has 0 aliphatic carbocycles. The van der Waals surface area contributed by atoms with Gasteiger partial charge in [-0.25, -0.2) is 9.97 Å². The Morgan fingerprint density at radius 1 is 1.18 bits per heavy atom. The fourth-order valence-electron chi connectivity index (χ4n) is 4.08.